The summed E-state index contributed by atoms with van der Waals surface area (Å²) in [5, 5.41) is 10.9. The van der Waals surface area contributed by atoms with Crippen molar-refractivity contribution in [3.05, 3.63) is 35.9 Å². The van der Waals surface area contributed by atoms with E-state index >= 15 is 0 Å². The van der Waals surface area contributed by atoms with Crippen LogP contribution in [0.3, 0.4) is 0 Å². The molecule has 0 aliphatic heterocycles. The summed E-state index contributed by atoms with van der Waals surface area (Å²) < 4.78 is 13.0. The van der Waals surface area contributed by atoms with Crippen LogP contribution >= 0.6 is 0 Å². The largest absolute Gasteiger partial charge is 0.493 e. The van der Waals surface area contributed by atoms with E-state index in [-0.39, 0.29) is 0 Å². The van der Waals surface area contributed by atoms with Gasteiger partial charge in [-0.05, 0) is 13.1 Å². The molecule has 102 valence electrons. The van der Waals surface area contributed by atoms with Gasteiger partial charge < -0.3 is 19.4 Å². The first-order valence-electron chi connectivity index (χ1n) is 6.02. The lowest BCUT2D eigenvalue weighted by Crippen LogP contribution is -2.10. The number of nitrogens with one attached hydrogen (secondary N) is 1. The minimum Gasteiger partial charge on any atom is -0.493 e. The van der Waals surface area contributed by atoms with Crippen molar-refractivity contribution in [1.82, 2.24) is 20.1 Å². The van der Waals surface area contributed by atoms with Gasteiger partial charge in [-0.25, -0.2) is 0 Å². The van der Waals surface area contributed by atoms with Crippen molar-refractivity contribution < 1.29 is 9.47 Å². The molecule has 0 saturated carbocycles. The van der Waals surface area contributed by atoms with Gasteiger partial charge in [0.25, 0.3) is 0 Å². The standard InChI is InChI=1S/C13H18N4O2/c1-14-7-10-5-4-6-11(18-3)13(10)19-8-12-16-15-9-17(12)2/h4-6,9,14H,7-8H2,1-3H3. The lowest BCUT2D eigenvalue weighted by Gasteiger charge is -2.14. The molecule has 2 rings (SSSR count). The van der Waals surface area contributed by atoms with E-state index in [9.17, 15) is 0 Å². The normalized spacial score (nSPS) is 10.5. The molecule has 0 saturated heterocycles. The Morgan fingerprint density at radius 2 is 2.21 bits per heavy atom. The first kappa shape index (κ1) is 13.4. The summed E-state index contributed by atoms with van der Waals surface area (Å²) in [6.45, 7) is 1.07. The monoisotopic (exact) mass is 262 g/mol. The van der Waals surface area contributed by atoms with Crippen LogP contribution in [-0.2, 0) is 20.2 Å². The van der Waals surface area contributed by atoms with Crippen LogP contribution in [0.25, 0.3) is 0 Å². The summed E-state index contributed by atoms with van der Waals surface area (Å²) in [5.74, 6) is 2.22. The molecule has 6 heteroatoms. The predicted octanol–water partition coefficient (Wildman–Crippen LogP) is 1.12. The van der Waals surface area contributed by atoms with E-state index in [0.29, 0.717) is 13.2 Å². The molecule has 0 atom stereocenters. The minimum absolute atomic E-state index is 0.355. The molecule has 0 radical (unpaired) electrons. The zero-order chi connectivity index (χ0) is 13.7. The van der Waals surface area contributed by atoms with Crippen LogP contribution in [0.15, 0.2) is 24.5 Å². The van der Waals surface area contributed by atoms with Crippen molar-refractivity contribution in [1.29, 1.82) is 0 Å². The summed E-state index contributed by atoms with van der Waals surface area (Å²) in [5.41, 5.74) is 1.05. The molecule has 1 heterocycles. The average Bonchev–Trinajstić information content (AvgIpc) is 2.83. The maximum Gasteiger partial charge on any atom is 0.170 e. The molecule has 0 bridgehead atoms. The van der Waals surface area contributed by atoms with Gasteiger partial charge in [-0.15, -0.1) is 10.2 Å². The quantitative estimate of drug-likeness (QED) is 0.845. The Bertz CT molecular complexity index is 539. The molecule has 0 spiro atoms. The third kappa shape index (κ3) is 3.03. The summed E-state index contributed by atoms with van der Waals surface area (Å²) in [6, 6.07) is 5.83. The number of aromatic nitrogens is 3. The number of ether oxygens (including phenoxy) is 2. The molecule has 0 aliphatic rings. The van der Waals surface area contributed by atoms with Crippen LogP contribution in [0.4, 0.5) is 0 Å². The van der Waals surface area contributed by atoms with Crippen molar-refractivity contribution in [2.24, 2.45) is 7.05 Å². The Labute approximate surface area is 112 Å². The highest BCUT2D eigenvalue weighted by molar-refractivity contribution is 5.46. The fourth-order valence-electron chi connectivity index (χ4n) is 1.79. The van der Waals surface area contributed by atoms with Gasteiger partial charge >= 0.3 is 0 Å². The van der Waals surface area contributed by atoms with E-state index in [1.807, 2.05) is 36.9 Å². The molecule has 1 aromatic heterocycles. The van der Waals surface area contributed by atoms with Crippen LogP contribution in [-0.4, -0.2) is 28.9 Å². The summed E-state index contributed by atoms with van der Waals surface area (Å²) in [7, 11) is 5.41. The maximum atomic E-state index is 5.85. The van der Waals surface area contributed by atoms with Crippen molar-refractivity contribution in [2.75, 3.05) is 14.2 Å². The van der Waals surface area contributed by atoms with E-state index in [2.05, 4.69) is 15.5 Å². The molecule has 2 aromatic rings. The number of benzene rings is 1. The molecule has 19 heavy (non-hydrogen) atoms. The number of para-hydroxylation sites is 1. The number of nitrogens with zero attached hydrogens (tertiary/aromatic N) is 3. The third-order valence-electron chi connectivity index (χ3n) is 2.80. The fourth-order valence-corrected chi connectivity index (χ4v) is 1.79. The highest BCUT2D eigenvalue weighted by atomic mass is 16.5. The zero-order valence-corrected chi connectivity index (χ0v) is 11.4. The molecule has 6 nitrogen and oxygen atoms in total. The van der Waals surface area contributed by atoms with Crippen LogP contribution in [0.1, 0.15) is 11.4 Å². The van der Waals surface area contributed by atoms with Crippen molar-refractivity contribution in [3.8, 4) is 11.5 Å². The van der Waals surface area contributed by atoms with Crippen molar-refractivity contribution in [2.45, 2.75) is 13.2 Å². The van der Waals surface area contributed by atoms with Crippen LogP contribution in [0.5, 0.6) is 11.5 Å². The van der Waals surface area contributed by atoms with Gasteiger partial charge in [0, 0.05) is 19.2 Å². The molecule has 1 N–H and O–H groups in total. The fraction of sp³-hybridized carbons (Fsp3) is 0.385. The number of hydrogen-bond acceptors (Lipinski definition) is 5. The molecule has 0 aliphatic carbocycles. The lowest BCUT2D eigenvalue weighted by molar-refractivity contribution is 0.269. The predicted molar refractivity (Wildman–Crippen MR) is 71.1 cm³/mol. The number of methoxy groups -OCH3 is 1. The Balaban J connectivity index is 2.20. The maximum absolute atomic E-state index is 5.85. The molecule has 0 fully saturated rings. The second-order valence-corrected chi connectivity index (χ2v) is 4.13. The van der Waals surface area contributed by atoms with Gasteiger partial charge in [0.05, 0.1) is 7.11 Å². The van der Waals surface area contributed by atoms with Gasteiger partial charge in [0.15, 0.2) is 17.3 Å². The number of hydrogen-bond donors (Lipinski definition) is 1. The van der Waals surface area contributed by atoms with Gasteiger partial charge in [-0.2, -0.15) is 0 Å². The topological polar surface area (TPSA) is 61.2 Å². The van der Waals surface area contributed by atoms with Gasteiger partial charge in [0.2, 0.25) is 0 Å². The highest BCUT2D eigenvalue weighted by Crippen LogP contribution is 2.31. The second-order valence-electron chi connectivity index (χ2n) is 4.13. The van der Waals surface area contributed by atoms with E-state index in [0.717, 1.165) is 22.9 Å². The van der Waals surface area contributed by atoms with Crippen LogP contribution < -0.4 is 14.8 Å². The van der Waals surface area contributed by atoms with E-state index < -0.39 is 0 Å². The molecular formula is C13H18N4O2. The molecule has 0 unspecified atom stereocenters. The van der Waals surface area contributed by atoms with Crippen molar-refractivity contribution in [3.63, 3.8) is 0 Å². The highest BCUT2D eigenvalue weighted by Gasteiger charge is 2.11. The first-order chi connectivity index (χ1) is 9.26. The SMILES string of the molecule is CNCc1cccc(OC)c1OCc1nncn1C. The number of rotatable bonds is 6. The molecule has 0 amide bonds. The Hall–Kier alpha value is -2.08. The van der Waals surface area contributed by atoms with Gasteiger partial charge in [0.1, 0.15) is 12.9 Å². The smallest absolute Gasteiger partial charge is 0.170 e. The van der Waals surface area contributed by atoms with Gasteiger partial charge in [-0.1, -0.05) is 12.1 Å². The molecular weight excluding hydrogens is 244 g/mol. The van der Waals surface area contributed by atoms with E-state index in [4.69, 9.17) is 9.47 Å². The summed E-state index contributed by atoms with van der Waals surface area (Å²) in [4.78, 5) is 0. The van der Waals surface area contributed by atoms with E-state index in [1.54, 1.807) is 13.4 Å². The average molecular weight is 262 g/mol. The number of aryl methyl sites for hydroxylation is 1. The lowest BCUT2D eigenvalue weighted by atomic mass is 10.2. The Morgan fingerprint density at radius 3 is 2.84 bits per heavy atom. The van der Waals surface area contributed by atoms with Crippen LogP contribution in [0, 0.1) is 0 Å². The minimum atomic E-state index is 0.355. The first-order valence-corrected chi connectivity index (χ1v) is 6.02. The summed E-state index contributed by atoms with van der Waals surface area (Å²) in [6.07, 6.45) is 1.65. The van der Waals surface area contributed by atoms with Crippen LogP contribution in [0.2, 0.25) is 0 Å². The molecule has 1 aromatic carbocycles. The van der Waals surface area contributed by atoms with Gasteiger partial charge in [-0.3, -0.25) is 0 Å². The zero-order valence-electron chi connectivity index (χ0n) is 11.4. The third-order valence-corrected chi connectivity index (χ3v) is 2.80. The second kappa shape index (κ2) is 6.19. The Morgan fingerprint density at radius 1 is 1.37 bits per heavy atom. The Kier molecular flexibility index (Phi) is 4.35. The summed E-state index contributed by atoms with van der Waals surface area (Å²) >= 11 is 0. The van der Waals surface area contributed by atoms with Crippen molar-refractivity contribution >= 4 is 0 Å². The van der Waals surface area contributed by atoms with E-state index in [1.165, 1.54) is 0 Å².